The van der Waals surface area contributed by atoms with Crippen molar-refractivity contribution in [3.05, 3.63) is 65.2 Å². The first-order valence-electron chi connectivity index (χ1n) is 9.15. The Kier molecular flexibility index (Phi) is 6.10. The van der Waals surface area contributed by atoms with Crippen LogP contribution in [-0.2, 0) is 10.0 Å². The van der Waals surface area contributed by atoms with E-state index >= 15 is 0 Å². The number of nitrogens with zero attached hydrogens (tertiary/aromatic N) is 1. The molecule has 2 aromatic rings. The van der Waals surface area contributed by atoms with Crippen LogP contribution in [0.3, 0.4) is 0 Å². The average molecular weight is 408 g/mol. The second kappa shape index (κ2) is 8.36. The first kappa shape index (κ1) is 20.4. The van der Waals surface area contributed by atoms with E-state index in [1.54, 1.807) is 6.92 Å². The lowest BCUT2D eigenvalue weighted by atomic mass is 10.1. The molecule has 5 nitrogen and oxygen atoms in total. The van der Waals surface area contributed by atoms with Crippen molar-refractivity contribution in [3.63, 3.8) is 0 Å². The highest BCUT2D eigenvalue weighted by atomic mass is 32.2. The smallest absolute Gasteiger partial charge is 0.251 e. The summed E-state index contributed by atoms with van der Waals surface area (Å²) >= 11 is 0. The molecule has 0 unspecified atom stereocenters. The van der Waals surface area contributed by atoms with Gasteiger partial charge in [-0.05, 0) is 44.0 Å². The SMILES string of the molecule is C[C@@H](NC(=O)c1cccc(S(=O)(=O)N2CCCCC2)c1)c1ccc(F)cc1F. The molecule has 1 aliphatic heterocycles. The van der Waals surface area contributed by atoms with Crippen LogP contribution in [-0.4, -0.2) is 31.7 Å². The fourth-order valence-electron chi connectivity index (χ4n) is 3.26. The molecular weight excluding hydrogens is 386 g/mol. The molecular formula is C20H22F2N2O3S. The largest absolute Gasteiger partial charge is 0.345 e. The van der Waals surface area contributed by atoms with Crippen molar-refractivity contribution in [3.8, 4) is 0 Å². The van der Waals surface area contributed by atoms with Crippen LogP contribution >= 0.6 is 0 Å². The van der Waals surface area contributed by atoms with Crippen molar-refractivity contribution < 1.29 is 22.0 Å². The van der Waals surface area contributed by atoms with E-state index < -0.39 is 33.6 Å². The monoisotopic (exact) mass is 408 g/mol. The molecule has 0 aromatic heterocycles. The lowest BCUT2D eigenvalue weighted by molar-refractivity contribution is 0.0939. The number of carbonyl (C=O) groups is 1. The number of benzene rings is 2. The molecule has 2 aromatic carbocycles. The summed E-state index contributed by atoms with van der Waals surface area (Å²) in [6, 6.07) is 8.23. The van der Waals surface area contributed by atoms with Gasteiger partial charge < -0.3 is 5.32 Å². The second-order valence-electron chi connectivity index (χ2n) is 6.85. The van der Waals surface area contributed by atoms with E-state index in [-0.39, 0.29) is 16.0 Å². The zero-order valence-corrected chi connectivity index (χ0v) is 16.3. The molecule has 1 atom stereocenters. The van der Waals surface area contributed by atoms with Gasteiger partial charge in [-0.25, -0.2) is 17.2 Å². The Morgan fingerprint density at radius 1 is 1.07 bits per heavy atom. The Balaban J connectivity index is 1.78. The average Bonchev–Trinajstić information content (AvgIpc) is 2.68. The number of sulfonamides is 1. The quantitative estimate of drug-likeness (QED) is 0.822. The highest BCUT2D eigenvalue weighted by Crippen LogP contribution is 2.22. The lowest BCUT2D eigenvalue weighted by Gasteiger charge is -2.26. The molecule has 150 valence electrons. The summed E-state index contributed by atoms with van der Waals surface area (Å²) in [5, 5.41) is 2.62. The molecule has 0 radical (unpaired) electrons. The van der Waals surface area contributed by atoms with E-state index in [0.717, 1.165) is 31.4 Å². The number of carbonyl (C=O) groups excluding carboxylic acids is 1. The first-order chi connectivity index (χ1) is 13.3. The van der Waals surface area contributed by atoms with Crippen molar-refractivity contribution in [2.24, 2.45) is 0 Å². The summed E-state index contributed by atoms with van der Waals surface area (Å²) in [4.78, 5) is 12.6. The van der Waals surface area contributed by atoms with Crippen LogP contribution in [0.4, 0.5) is 8.78 Å². The summed E-state index contributed by atoms with van der Waals surface area (Å²) in [5.74, 6) is -1.99. The maximum absolute atomic E-state index is 13.9. The van der Waals surface area contributed by atoms with Crippen LogP contribution in [0, 0.1) is 11.6 Å². The van der Waals surface area contributed by atoms with E-state index in [2.05, 4.69) is 5.32 Å². The Hall–Kier alpha value is -2.32. The molecule has 28 heavy (non-hydrogen) atoms. The fourth-order valence-corrected chi connectivity index (χ4v) is 4.83. The standard InChI is InChI=1S/C20H22F2N2O3S/c1-14(18-9-8-16(21)13-19(18)22)23-20(25)15-6-5-7-17(12-15)28(26,27)24-10-3-2-4-11-24/h5-9,12-14H,2-4,10-11H2,1H3,(H,23,25)/t14-/m1/s1. The molecule has 1 heterocycles. The van der Waals surface area contributed by atoms with E-state index in [4.69, 9.17) is 0 Å². The zero-order valence-electron chi connectivity index (χ0n) is 15.5. The Morgan fingerprint density at radius 2 is 1.79 bits per heavy atom. The highest BCUT2D eigenvalue weighted by Gasteiger charge is 2.26. The molecule has 1 fully saturated rings. The topological polar surface area (TPSA) is 66.5 Å². The minimum atomic E-state index is -3.66. The molecule has 0 aliphatic carbocycles. The van der Waals surface area contributed by atoms with Gasteiger partial charge in [0.15, 0.2) is 0 Å². The number of hydrogen-bond acceptors (Lipinski definition) is 3. The maximum atomic E-state index is 13.9. The van der Waals surface area contributed by atoms with Crippen molar-refractivity contribution in [2.45, 2.75) is 37.1 Å². The number of halogens is 2. The minimum Gasteiger partial charge on any atom is -0.345 e. The molecule has 0 bridgehead atoms. The summed E-state index contributed by atoms with van der Waals surface area (Å²) in [5.41, 5.74) is 0.305. The van der Waals surface area contributed by atoms with Crippen LogP contribution in [0.25, 0.3) is 0 Å². The van der Waals surface area contributed by atoms with E-state index in [9.17, 15) is 22.0 Å². The first-order valence-corrected chi connectivity index (χ1v) is 10.6. The van der Waals surface area contributed by atoms with Crippen LogP contribution in [0.15, 0.2) is 47.4 Å². The third-order valence-corrected chi connectivity index (χ3v) is 6.72. The fraction of sp³-hybridized carbons (Fsp3) is 0.350. The molecule has 3 rings (SSSR count). The summed E-state index contributed by atoms with van der Waals surface area (Å²) < 4.78 is 54.0. The normalized spacial score (nSPS) is 16.5. The van der Waals surface area contributed by atoms with Crippen molar-refractivity contribution >= 4 is 15.9 Å². The zero-order chi connectivity index (χ0) is 20.3. The van der Waals surface area contributed by atoms with Crippen molar-refractivity contribution in [1.29, 1.82) is 0 Å². The Labute approximate surface area is 163 Å². The van der Waals surface area contributed by atoms with Gasteiger partial charge in [0, 0.05) is 30.3 Å². The van der Waals surface area contributed by atoms with Crippen LogP contribution in [0.1, 0.15) is 48.1 Å². The van der Waals surface area contributed by atoms with Crippen LogP contribution < -0.4 is 5.32 Å². The molecule has 1 N–H and O–H groups in total. The van der Waals surface area contributed by atoms with Gasteiger partial charge in [-0.3, -0.25) is 4.79 Å². The number of amides is 1. The lowest BCUT2D eigenvalue weighted by Crippen LogP contribution is -2.35. The second-order valence-corrected chi connectivity index (χ2v) is 8.79. The minimum absolute atomic E-state index is 0.0580. The molecule has 1 saturated heterocycles. The van der Waals surface area contributed by atoms with Crippen LogP contribution in [0.5, 0.6) is 0 Å². The number of nitrogens with one attached hydrogen (secondary N) is 1. The Bertz CT molecular complexity index is 973. The molecule has 0 saturated carbocycles. The van der Waals surface area contributed by atoms with Crippen molar-refractivity contribution in [2.75, 3.05) is 13.1 Å². The van der Waals surface area contributed by atoms with Gasteiger partial charge in [0.2, 0.25) is 10.0 Å². The number of piperidine rings is 1. The molecule has 0 spiro atoms. The van der Waals surface area contributed by atoms with Crippen LogP contribution in [0.2, 0.25) is 0 Å². The third kappa shape index (κ3) is 4.39. The van der Waals surface area contributed by atoms with Crippen molar-refractivity contribution in [1.82, 2.24) is 9.62 Å². The van der Waals surface area contributed by atoms with E-state index in [0.29, 0.717) is 13.1 Å². The summed E-state index contributed by atoms with van der Waals surface area (Å²) in [6.07, 6.45) is 2.65. The highest BCUT2D eigenvalue weighted by molar-refractivity contribution is 7.89. The number of hydrogen-bond donors (Lipinski definition) is 1. The number of rotatable bonds is 5. The van der Waals surface area contributed by atoms with Gasteiger partial charge in [-0.1, -0.05) is 18.6 Å². The Morgan fingerprint density at radius 3 is 2.46 bits per heavy atom. The summed E-state index contributed by atoms with van der Waals surface area (Å²) in [7, 11) is -3.66. The predicted octanol–water partition coefficient (Wildman–Crippen LogP) is 3.63. The summed E-state index contributed by atoms with van der Waals surface area (Å²) in [6.45, 7) is 2.52. The third-order valence-electron chi connectivity index (χ3n) is 4.83. The van der Waals surface area contributed by atoms with Gasteiger partial charge in [0.1, 0.15) is 11.6 Å². The molecule has 1 amide bonds. The maximum Gasteiger partial charge on any atom is 0.251 e. The van der Waals surface area contributed by atoms with Gasteiger partial charge in [0.05, 0.1) is 10.9 Å². The van der Waals surface area contributed by atoms with E-state index in [1.165, 1.54) is 34.6 Å². The van der Waals surface area contributed by atoms with Gasteiger partial charge in [0.25, 0.3) is 5.91 Å². The van der Waals surface area contributed by atoms with Gasteiger partial charge in [-0.15, -0.1) is 0 Å². The van der Waals surface area contributed by atoms with Gasteiger partial charge in [-0.2, -0.15) is 4.31 Å². The predicted molar refractivity (Wildman–Crippen MR) is 101 cm³/mol. The molecule has 1 aliphatic rings. The van der Waals surface area contributed by atoms with E-state index in [1.807, 2.05) is 0 Å². The molecule has 8 heteroatoms. The van der Waals surface area contributed by atoms with Gasteiger partial charge >= 0.3 is 0 Å².